The van der Waals surface area contributed by atoms with E-state index >= 15 is 0 Å². The highest BCUT2D eigenvalue weighted by molar-refractivity contribution is 6.31. The zero-order valence-electron chi connectivity index (χ0n) is 8.34. The monoisotopic (exact) mass is 214 g/mol. The highest BCUT2D eigenvalue weighted by Crippen LogP contribution is 2.29. The number of hydrogen-bond acceptors (Lipinski definition) is 3. The fourth-order valence-electron chi connectivity index (χ4n) is 1.22. The molecule has 0 aromatic heterocycles. The molecule has 0 aliphatic rings. The third-order valence-electron chi connectivity index (χ3n) is 2.30. The number of rotatable bonds is 2. The van der Waals surface area contributed by atoms with Crippen molar-refractivity contribution in [3.05, 3.63) is 28.3 Å². The topological polar surface area (TPSA) is 72.3 Å². The van der Waals surface area contributed by atoms with Gasteiger partial charge in [0.1, 0.15) is 0 Å². The van der Waals surface area contributed by atoms with Gasteiger partial charge in [-0.05, 0) is 31.0 Å². The SMILES string of the molecule is Cc1cc([C@@](C)(N)CO)c(Cl)cc1N. The minimum atomic E-state index is -0.824. The molecule has 1 rings (SSSR count). The van der Waals surface area contributed by atoms with Gasteiger partial charge in [0.25, 0.3) is 0 Å². The number of nitrogens with two attached hydrogens (primary N) is 2. The van der Waals surface area contributed by atoms with Crippen molar-refractivity contribution < 1.29 is 5.11 Å². The smallest absolute Gasteiger partial charge is 0.0651 e. The van der Waals surface area contributed by atoms with Crippen LogP contribution in [0.25, 0.3) is 0 Å². The summed E-state index contributed by atoms with van der Waals surface area (Å²) in [6.07, 6.45) is 0. The summed E-state index contributed by atoms with van der Waals surface area (Å²) in [5, 5.41) is 9.61. The molecule has 0 saturated carbocycles. The number of hydrogen-bond donors (Lipinski definition) is 3. The number of aryl methyl sites for hydroxylation is 1. The second-order valence-corrected chi connectivity index (χ2v) is 4.17. The van der Waals surface area contributed by atoms with Crippen molar-refractivity contribution in [2.24, 2.45) is 5.73 Å². The van der Waals surface area contributed by atoms with Crippen LogP contribution in [0.5, 0.6) is 0 Å². The maximum Gasteiger partial charge on any atom is 0.0651 e. The summed E-state index contributed by atoms with van der Waals surface area (Å²) >= 11 is 5.99. The molecule has 0 heterocycles. The van der Waals surface area contributed by atoms with Crippen LogP contribution in [0.2, 0.25) is 5.02 Å². The van der Waals surface area contributed by atoms with E-state index in [9.17, 15) is 0 Å². The van der Waals surface area contributed by atoms with Crippen molar-refractivity contribution >= 4 is 17.3 Å². The molecule has 3 nitrogen and oxygen atoms in total. The molecule has 0 aliphatic heterocycles. The Bertz CT molecular complexity index is 350. The molecule has 0 radical (unpaired) electrons. The minimum Gasteiger partial charge on any atom is -0.398 e. The van der Waals surface area contributed by atoms with Gasteiger partial charge >= 0.3 is 0 Å². The first-order chi connectivity index (χ1) is 6.38. The van der Waals surface area contributed by atoms with E-state index in [1.165, 1.54) is 0 Å². The fourth-order valence-corrected chi connectivity index (χ4v) is 1.61. The normalized spacial score (nSPS) is 15.2. The lowest BCUT2D eigenvalue weighted by Crippen LogP contribution is -2.37. The van der Waals surface area contributed by atoms with Crippen molar-refractivity contribution in [1.82, 2.24) is 0 Å². The molecule has 5 N–H and O–H groups in total. The second kappa shape index (κ2) is 3.77. The van der Waals surface area contributed by atoms with E-state index in [2.05, 4.69) is 0 Å². The quantitative estimate of drug-likeness (QED) is 0.652. The molecule has 1 aromatic carbocycles. The van der Waals surface area contributed by atoms with Crippen molar-refractivity contribution in [2.75, 3.05) is 12.3 Å². The zero-order chi connectivity index (χ0) is 10.9. The Kier molecular flexibility index (Phi) is 3.04. The molecule has 0 aliphatic carbocycles. The first-order valence-corrected chi connectivity index (χ1v) is 4.72. The largest absolute Gasteiger partial charge is 0.398 e. The van der Waals surface area contributed by atoms with Crippen molar-refractivity contribution in [2.45, 2.75) is 19.4 Å². The van der Waals surface area contributed by atoms with Crippen molar-refractivity contribution in [1.29, 1.82) is 0 Å². The van der Waals surface area contributed by atoms with E-state index in [4.69, 9.17) is 28.2 Å². The molecule has 1 aromatic rings. The highest BCUT2D eigenvalue weighted by atomic mass is 35.5. The number of anilines is 1. The molecule has 0 fully saturated rings. The van der Waals surface area contributed by atoms with Crippen LogP contribution in [-0.4, -0.2) is 11.7 Å². The van der Waals surface area contributed by atoms with E-state index in [-0.39, 0.29) is 6.61 Å². The molecule has 78 valence electrons. The molecule has 1 atom stereocenters. The van der Waals surface area contributed by atoms with Gasteiger partial charge in [-0.15, -0.1) is 0 Å². The first kappa shape index (κ1) is 11.3. The number of benzene rings is 1. The number of nitrogen functional groups attached to an aromatic ring is 1. The average Bonchev–Trinajstić information content (AvgIpc) is 2.11. The Hall–Kier alpha value is -0.770. The van der Waals surface area contributed by atoms with Crippen LogP contribution >= 0.6 is 11.6 Å². The Morgan fingerprint density at radius 3 is 2.57 bits per heavy atom. The van der Waals surface area contributed by atoms with Crippen LogP contribution in [0.1, 0.15) is 18.1 Å². The van der Waals surface area contributed by atoms with Gasteiger partial charge in [0, 0.05) is 10.7 Å². The molecule has 4 heteroatoms. The molecular weight excluding hydrogens is 200 g/mol. The van der Waals surface area contributed by atoms with E-state index in [0.717, 1.165) is 5.56 Å². The van der Waals surface area contributed by atoms with Crippen molar-refractivity contribution in [3.63, 3.8) is 0 Å². The summed E-state index contributed by atoms with van der Waals surface area (Å²) in [6, 6.07) is 3.47. The third kappa shape index (κ3) is 2.00. The molecular formula is C10H15ClN2O. The standard InChI is InChI=1S/C10H15ClN2O/c1-6-3-7(10(2,13)5-14)8(11)4-9(6)12/h3-4,14H,5,12-13H2,1-2H3/t10-/m0/s1. The van der Waals surface area contributed by atoms with Crippen LogP contribution < -0.4 is 11.5 Å². The Labute approximate surface area is 88.7 Å². The second-order valence-electron chi connectivity index (χ2n) is 3.76. The number of aliphatic hydroxyl groups excluding tert-OH is 1. The van der Waals surface area contributed by atoms with Gasteiger partial charge in [-0.1, -0.05) is 17.7 Å². The summed E-state index contributed by atoms with van der Waals surface area (Å²) in [6.45, 7) is 3.45. The zero-order valence-corrected chi connectivity index (χ0v) is 9.10. The molecule has 14 heavy (non-hydrogen) atoms. The summed E-state index contributed by atoms with van der Waals surface area (Å²) in [5.41, 5.74) is 13.0. The van der Waals surface area contributed by atoms with E-state index in [1.807, 2.05) is 13.0 Å². The van der Waals surface area contributed by atoms with E-state index in [0.29, 0.717) is 16.3 Å². The summed E-state index contributed by atoms with van der Waals surface area (Å²) in [7, 11) is 0. The van der Waals surface area contributed by atoms with Crippen molar-refractivity contribution in [3.8, 4) is 0 Å². The third-order valence-corrected chi connectivity index (χ3v) is 2.61. The molecule has 0 unspecified atom stereocenters. The van der Waals surface area contributed by atoms with Crippen LogP contribution in [0.15, 0.2) is 12.1 Å². The van der Waals surface area contributed by atoms with Crippen LogP contribution in [0, 0.1) is 6.92 Å². The van der Waals surface area contributed by atoms with Gasteiger partial charge in [-0.2, -0.15) is 0 Å². The Morgan fingerprint density at radius 1 is 1.50 bits per heavy atom. The van der Waals surface area contributed by atoms with E-state index in [1.54, 1.807) is 13.0 Å². The van der Waals surface area contributed by atoms with Crippen LogP contribution in [0.3, 0.4) is 0 Å². The first-order valence-electron chi connectivity index (χ1n) is 4.34. The summed E-state index contributed by atoms with van der Waals surface area (Å²) < 4.78 is 0. The highest BCUT2D eigenvalue weighted by Gasteiger charge is 2.23. The van der Waals surface area contributed by atoms with Gasteiger partial charge in [0.05, 0.1) is 12.1 Å². The molecule has 0 bridgehead atoms. The minimum absolute atomic E-state index is 0.157. The van der Waals surface area contributed by atoms with Gasteiger partial charge in [-0.3, -0.25) is 0 Å². The summed E-state index contributed by atoms with van der Waals surface area (Å²) in [4.78, 5) is 0. The van der Waals surface area contributed by atoms with E-state index < -0.39 is 5.54 Å². The van der Waals surface area contributed by atoms with Gasteiger partial charge < -0.3 is 16.6 Å². The Morgan fingerprint density at radius 2 is 2.07 bits per heavy atom. The fraction of sp³-hybridized carbons (Fsp3) is 0.400. The van der Waals surface area contributed by atoms with Gasteiger partial charge in [0.15, 0.2) is 0 Å². The van der Waals surface area contributed by atoms with Gasteiger partial charge in [0.2, 0.25) is 0 Å². The summed E-state index contributed by atoms with van der Waals surface area (Å²) in [5.74, 6) is 0. The maximum absolute atomic E-state index is 9.12. The lowest BCUT2D eigenvalue weighted by atomic mass is 9.92. The number of aliphatic hydroxyl groups is 1. The van der Waals surface area contributed by atoms with Crippen LogP contribution in [0.4, 0.5) is 5.69 Å². The van der Waals surface area contributed by atoms with Gasteiger partial charge in [-0.25, -0.2) is 0 Å². The Balaban J connectivity index is 3.29. The predicted octanol–water partition coefficient (Wildman–Crippen LogP) is 1.40. The molecule has 0 spiro atoms. The maximum atomic E-state index is 9.12. The average molecular weight is 215 g/mol. The molecule has 0 amide bonds. The van der Waals surface area contributed by atoms with Crippen LogP contribution in [-0.2, 0) is 5.54 Å². The predicted molar refractivity (Wildman–Crippen MR) is 59.2 cm³/mol. The molecule has 0 saturated heterocycles. The number of halogens is 1. The lowest BCUT2D eigenvalue weighted by Gasteiger charge is -2.24. The lowest BCUT2D eigenvalue weighted by molar-refractivity contribution is 0.210.